The van der Waals surface area contributed by atoms with Crippen LogP contribution in [0.2, 0.25) is 0 Å². The molecule has 71 heavy (non-hydrogen) atoms. The first-order valence-corrected chi connectivity index (χ1v) is 26.8. The first kappa shape index (κ1) is 47.5. The lowest BCUT2D eigenvalue weighted by Crippen LogP contribution is -2.62. The molecule has 7 aromatic rings. The van der Waals surface area contributed by atoms with Crippen LogP contribution in [0.3, 0.4) is 0 Å². The highest BCUT2D eigenvalue weighted by Crippen LogP contribution is 2.53. The van der Waals surface area contributed by atoms with E-state index in [-0.39, 0.29) is 39.2 Å². The molecule has 3 heteroatoms. The lowest BCUT2D eigenvalue weighted by atomic mass is 9.33. The zero-order chi connectivity index (χ0) is 50.5. The van der Waals surface area contributed by atoms with Crippen molar-refractivity contribution in [3.63, 3.8) is 0 Å². The minimum Gasteiger partial charge on any atom is -0.311 e. The maximum atomic E-state index is 2.72. The standard InChI is InChI=1S/C68H77BN2/c1-42-21-17-18-24-49(42)51-26-20-25-50(43(51)2)44-22-19-23-47(35-44)70-58-36-45(63(3,4)5)27-30-56(58)69-57-40-54-55(68(15,16)34-33-67(54,13)14)41-59(57)71(61-38-46(64(6,7)8)37-60(70)62(61)69)48-28-29-52-53(39-48)66(11,12)32-31-65(52,9)10/h17-30,35-41H,31-34H2,1-16H3. The third-order valence-electron chi connectivity index (χ3n) is 18.1. The summed E-state index contributed by atoms with van der Waals surface area (Å²) in [6.45, 7) is 38.7. The molecule has 362 valence electrons. The minimum absolute atomic E-state index is 0.0379. The molecule has 2 aliphatic carbocycles. The van der Waals surface area contributed by atoms with E-state index in [1.54, 1.807) is 0 Å². The average molecular weight is 933 g/mol. The van der Waals surface area contributed by atoms with Gasteiger partial charge in [-0.15, -0.1) is 0 Å². The monoisotopic (exact) mass is 933 g/mol. The third-order valence-corrected chi connectivity index (χ3v) is 18.1. The molecule has 2 aliphatic heterocycles. The van der Waals surface area contributed by atoms with E-state index in [0.717, 1.165) is 0 Å². The molecule has 0 unspecified atom stereocenters. The van der Waals surface area contributed by atoms with Crippen LogP contribution in [0.4, 0.5) is 34.1 Å². The Kier molecular flexibility index (Phi) is 10.6. The Morgan fingerprint density at radius 1 is 0.408 bits per heavy atom. The fourth-order valence-corrected chi connectivity index (χ4v) is 13.2. The molecule has 0 spiro atoms. The van der Waals surface area contributed by atoms with Crippen molar-refractivity contribution in [3.8, 4) is 22.3 Å². The maximum Gasteiger partial charge on any atom is 0.252 e. The van der Waals surface area contributed by atoms with E-state index in [1.165, 1.54) is 143 Å². The molecule has 0 aromatic heterocycles. The van der Waals surface area contributed by atoms with E-state index in [2.05, 4.69) is 248 Å². The number of rotatable bonds is 4. The van der Waals surface area contributed by atoms with Crippen LogP contribution in [0.15, 0.2) is 127 Å². The smallest absolute Gasteiger partial charge is 0.252 e. The minimum atomic E-state index is -0.120. The number of aryl methyl sites for hydroxylation is 1. The van der Waals surface area contributed by atoms with Crippen molar-refractivity contribution in [1.29, 1.82) is 0 Å². The first-order valence-electron chi connectivity index (χ1n) is 26.8. The Morgan fingerprint density at radius 2 is 0.915 bits per heavy atom. The van der Waals surface area contributed by atoms with Crippen LogP contribution in [-0.4, -0.2) is 6.71 Å². The van der Waals surface area contributed by atoms with Gasteiger partial charge in [-0.05, 0) is 204 Å². The Hall–Kier alpha value is -5.80. The van der Waals surface area contributed by atoms with Gasteiger partial charge in [0.1, 0.15) is 0 Å². The van der Waals surface area contributed by atoms with Gasteiger partial charge in [-0.1, -0.05) is 176 Å². The van der Waals surface area contributed by atoms with Crippen molar-refractivity contribution in [2.24, 2.45) is 0 Å². The summed E-state index contributed by atoms with van der Waals surface area (Å²) in [5.41, 5.74) is 28.4. The van der Waals surface area contributed by atoms with Crippen molar-refractivity contribution in [1.82, 2.24) is 0 Å². The van der Waals surface area contributed by atoms with Gasteiger partial charge in [-0.2, -0.15) is 0 Å². The Morgan fingerprint density at radius 3 is 1.54 bits per heavy atom. The molecule has 0 radical (unpaired) electrons. The van der Waals surface area contributed by atoms with Gasteiger partial charge in [0.25, 0.3) is 6.71 Å². The van der Waals surface area contributed by atoms with E-state index < -0.39 is 0 Å². The summed E-state index contributed by atoms with van der Waals surface area (Å²) in [7, 11) is 0. The normalized spacial score (nSPS) is 18.0. The van der Waals surface area contributed by atoms with Gasteiger partial charge < -0.3 is 9.80 Å². The zero-order valence-electron chi connectivity index (χ0n) is 45.9. The van der Waals surface area contributed by atoms with Gasteiger partial charge >= 0.3 is 0 Å². The Balaban J connectivity index is 1.23. The predicted molar refractivity (Wildman–Crippen MR) is 309 cm³/mol. The van der Waals surface area contributed by atoms with E-state index in [4.69, 9.17) is 0 Å². The van der Waals surface area contributed by atoms with Crippen molar-refractivity contribution in [3.05, 3.63) is 172 Å². The molecular formula is C68H77BN2. The molecule has 0 N–H and O–H groups in total. The molecule has 4 aliphatic rings. The second-order valence-corrected chi connectivity index (χ2v) is 26.9. The van der Waals surface area contributed by atoms with Gasteiger partial charge in [0.15, 0.2) is 0 Å². The van der Waals surface area contributed by atoms with E-state index in [0.29, 0.717) is 0 Å². The first-order chi connectivity index (χ1) is 33.3. The molecule has 0 saturated carbocycles. The van der Waals surface area contributed by atoms with Crippen molar-refractivity contribution in [2.75, 3.05) is 9.80 Å². The van der Waals surface area contributed by atoms with Crippen LogP contribution in [-0.2, 0) is 32.5 Å². The molecule has 2 heterocycles. The molecule has 0 atom stereocenters. The fraction of sp³-hybridized carbons (Fsp3) is 0.382. The van der Waals surface area contributed by atoms with Gasteiger partial charge in [-0.3, -0.25) is 0 Å². The number of benzene rings is 7. The summed E-state index contributed by atoms with van der Waals surface area (Å²) in [6.07, 6.45) is 4.73. The Labute approximate surface area is 428 Å². The van der Waals surface area contributed by atoms with Crippen LogP contribution < -0.4 is 26.2 Å². The lowest BCUT2D eigenvalue weighted by Gasteiger charge is -2.48. The van der Waals surface area contributed by atoms with Gasteiger partial charge in [0.05, 0.1) is 0 Å². The van der Waals surface area contributed by atoms with Crippen LogP contribution >= 0.6 is 0 Å². The van der Waals surface area contributed by atoms with Crippen LogP contribution in [0, 0.1) is 13.8 Å². The molecular weight excluding hydrogens is 856 g/mol. The van der Waals surface area contributed by atoms with E-state index in [1.807, 2.05) is 0 Å². The highest BCUT2D eigenvalue weighted by molar-refractivity contribution is 7.00. The van der Waals surface area contributed by atoms with Crippen molar-refractivity contribution < 1.29 is 0 Å². The number of nitrogens with zero attached hydrogens (tertiary/aromatic N) is 2. The molecule has 0 saturated heterocycles. The largest absolute Gasteiger partial charge is 0.311 e. The quantitative estimate of drug-likeness (QED) is 0.162. The molecule has 2 nitrogen and oxygen atoms in total. The second-order valence-electron chi connectivity index (χ2n) is 26.9. The molecule has 7 aromatic carbocycles. The number of hydrogen-bond acceptors (Lipinski definition) is 2. The summed E-state index contributed by atoms with van der Waals surface area (Å²) < 4.78 is 0. The maximum absolute atomic E-state index is 2.72. The Bertz CT molecular complexity index is 3330. The summed E-state index contributed by atoms with van der Waals surface area (Å²) in [4.78, 5) is 5.38. The van der Waals surface area contributed by atoms with E-state index in [9.17, 15) is 0 Å². The number of anilines is 6. The van der Waals surface area contributed by atoms with Crippen molar-refractivity contribution >= 4 is 57.2 Å². The predicted octanol–water partition coefficient (Wildman–Crippen LogP) is 17.0. The third kappa shape index (κ3) is 7.57. The topological polar surface area (TPSA) is 6.48 Å². The van der Waals surface area contributed by atoms with Crippen LogP contribution in [0.5, 0.6) is 0 Å². The van der Waals surface area contributed by atoms with Crippen LogP contribution in [0.1, 0.15) is 167 Å². The number of hydrogen-bond donors (Lipinski definition) is 0. The second kappa shape index (κ2) is 15.9. The summed E-state index contributed by atoms with van der Waals surface area (Å²) in [5, 5.41) is 0. The molecule has 0 fully saturated rings. The highest BCUT2D eigenvalue weighted by Gasteiger charge is 2.48. The highest BCUT2D eigenvalue weighted by atomic mass is 15.2. The van der Waals surface area contributed by atoms with Gasteiger partial charge in [0, 0.05) is 34.1 Å². The molecule has 0 amide bonds. The average Bonchev–Trinajstić information content (AvgIpc) is 3.31. The molecule has 11 rings (SSSR count). The zero-order valence-corrected chi connectivity index (χ0v) is 45.9. The lowest BCUT2D eigenvalue weighted by molar-refractivity contribution is 0.332. The summed E-state index contributed by atoms with van der Waals surface area (Å²) in [5.74, 6) is 0. The summed E-state index contributed by atoms with van der Waals surface area (Å²) in [6, 6.07) is 50.7. The van der Waals surface area contributed by atoms with Crippen molar-refractivity contribution in [2.45, 2.75) is 169 Å². The molecule has 0 bridgehead atoms. The van der Waals surface area contributed by atoms with Gasteiger partial charge in [0.2, 0.25) is 0 Å². The SMILES string of the molecule is Cc1ccccc1-c1cccc(-c2cccc(N3c4cc(C(C)(C)C)ccc4B4c5cc6c(cc5N(c5ccc7c(c5)C(C)(C)CCC7(C)C)c5cc(C(C)(C)C)cc3c54)C(C)(C)CCC6(C)C)c2)c1C. The van der Waals surface area contributed by atoms with E-state index >= 15 is 0 Å². The number of fused-ring (bicyclic) bond motifs is 6. The fourth-order valence-electron chi connectivity index (χ4n) is 13.2. The van der Waals surface area contributed by atoms with Crippen LogP contribution in [0.25, 0.3) is 22.3 Å². The summed E-state index contributed by atoms with van der Waals surface area (Å²) >= 11 is 0. The van der Waals surface area contributed by atoms with Gasteiger partial charge in [-0.25, -0.2) is 0 Å².